The van der Waals surface area contributed by atoms with Crippen molar-refractivity contribution in [1.29, 1.82) is 0 Å². The largest absolute Gasteiger partial charge is 0.462 e. The van der Waals surface area contributed by atoms with E-state index in [4.69, 9.17) is 9.47 Å². The van der Waals surface area contributed by atoms with Crippen LogP contribution in [0.25, 0.3) is 0 Å². The summed E-state index contributed by atoms with van der Waals surface area (Å²) in [6.45, 7) is 9.48. The van der Waals surface area contributed by atoms with E-state index in [1.54, 1.807) is 6.92 Å². The Balaban J connectivity index is 3.07. The smallest absolute Gasteiger partial charge is 0.333 e. The van der Waals surface area contributed by atoms with Gasteiger partial charge in [0.05, 0.1) is 6.61 Å². The molecule has 0 rings (SSSR count). The van der Waals surface area contributed by atoms with Crippen LogP contribution in [0.3, 0.4) is 0 Å². The molecule has 18 heavy (non-hydrogen) atoms. The van der Waals surface area contributed by atoms with E-state index in [2.05, 4.69) is 13.5 Å². The molecule has 0 radical (unpaired) electrons. The van der Waals surface area contributed by atoms with E-state index in [1.165, 1.54) is 25.7 Å². The van der Waals surface area contributed by atoms with Crippen LogP contribution < -0.4 is 0 Å². The molecular formula is C15H28O3. The first-order valence-electron chi connectivity index (χ1n) is 7.08. The number of hydrogen-bond acceptors (Lipinski definition) is 3. The van der Waals surface area contributed by atoms with Gasteiger partial charge in [-0.3, -0.25) is 0 Å². The molecule has 0 saturated carbocycles. The molecule has 106 valence electrons. The topological polar surface area (TPSA) is 35.5 Å². The van der Waals surface area contributed by atoms with Gasteiger partial charge in [0.2, 0.25) is 0 Å². The van der Waals surface area contributed by atoms with E-state index in [1.807, 2.05) is 0 Å². The second-order valence-corrected chi connectivity index (χ2v) is 4.65. The summed E-state index contributed by atoms with van der Waals surface area (Å²) in [7, 11) is 0. The van der Waals surface area contributed by atoms with E-state index in [0.717, 1.165) is 32.5 Å². The van der Waals surface area contributed by atoms with Gasteiger partial charge in [-0.2, -0.15) is 0 Å². The fraction of sp³-hybridized carbons (Fsp3) is 0.800. The Morgan fingerprint density at radius 1 is 0.944 bits per heavy atom. The SMILES string of the molecule is C=C(C)C(=O)OCCCCOCCCCCCC. The molecular weight excluding hydrogens is 228 g/mol. The van der Waals surface area contributed by atoms with Crippen LogP contribution in [0.4, 0.5) is 0 Å². The monoisotopic (exact) mass is 256 g/mol. The van der Waals surface area contributed by atoms with Crippen molar-refractivity contribution in [3.05, 3.63) is 12.2 Å². The highest BCUT2D eigenvalue weighted by atomic mass is 16.5. The standard InChI is InChI=1S/C15H28O3/c1-4-5-6-7-8-11-17-12-9-10-13-18-15(16)14(2)3/h2,4-13H2,1,3H3. The average molecular weight is 256 g/mol. The van der Waals surface area contributed by atoms with Crippen LogP contribution >= 0.6 is 0 Å². The van der Waals surface area contributed by atoms with Crippen LogP contribution in [0.15, 0.2) is 12.2 Å². The lowest BCUT2D eigenvalue weighted by atomic mass is 10.2. The van der Waals surface area contributed by atoms with Crippen molar-refractivity contribution in [2.24, 2.45) is 0 Å². The van der Waals surface area contributed by atoms with Crippen molar-refractivity contribution in [3.63, 3.8) is 0 Å². The van der Waals surface area contributed by atoms with E-state index >= 15 is 0 Å². The second-order valence-electron chi connectivity index (χ2n) is 4.65. The highest BCUT2D eigenvalue weighted by Gasteiger charge is 2.01. The van der Waals surface area contributed by atoms with Crippen LogP contribution in [0.5, 0.6) is 0 Å². The molecule has 0 fully saturated rings. The number of esters is 1. The molecule has 0 heterocycles. The molecule has 0 amide bonds. The van der Waals surface area contributed by atoms with Crippen molar-refractivity contribution in [2.75, 3.05) is 19.8 Å². The van der Waals surface area contributed by atoms with Crippen molar-refractivity contribution in [1.82, 2.24) is 0 Å². The maximum atomic E-state index is 11.1. The predicted molar refractivity (Wildman–Crippen MR) is 74.6 cm³/mol. The van der Waals surface area contributed by atoms with Gasteiger partial charge >= 0.3 is 5.97 Å². The second kappa shape index (κ2) is 12.6. The predicted octanol–water partition coefficient (Wildman–Crippen LogP) is 3.87. The first kappa shape index (κ1) is 17.2. The molecule has 0 aliphatic carbocycles. The number of hydrogen-bond donors (Lipinski definition) is 0. The number of unbranched alkanes of at least 4 members (excludes halogenated alkanes) is 5. The van der Waals surface area contributed by atoms with Crippen LogP contribution in [0.1, 0.15) is 58.8 Å². The van der Waals surface area contributed by atoms with E-state index < -0.39 is 0 Å². The molecule has 0 aromatic rings. The molecule has 0 aromatic carbocycles. The maximum absolute atomic E-state index is 11.1. The van der Waals surface area contributed by atoms with E-state index in [0.29, 0.717) is 12.2 Å². The highest BCUT2D eigenvalue weighted by molar-refractivity contribution is 5.86. The third-order valence-corrected chi connectivity index (χ3v) is 2.66. The Hall–Kier alpha value is -0.830. The van der Waals surface area contributed by atoms with Crippen molar-refractivity contribution in [2.45, 2.75) is 58.8 Å². The number of ether oxygens (including phenoxy) is 2. The van der Waals surface area contributed by atoms with Crippen molar-refractivity contribution in [3.8, 4) is 0 Å². The first-order valence-corrected chi connectivity index (χ1v) is 7.08. The molecule has 0 spiro atoms. The number of carbonyl (C=O) groups is 1. The zero-order valence-corrected chi connectivity index (χ0v) is 12.0. The van der Waals surface area contributed by atoms with Gasteiger partial charge in [0, 0.05) is 18.8 Å². The summed E-state index contributed by atoms with van der Waals surface area (Å²) in [6, 6.07) is 0. The lowest BCUT2D eigenvalue weighted by Gasteiger charge is -2.05. The van der Waals surface area contributed by atoms with Gasteiger partial charge in [0.1, 0.15) is 0 Å². The molecule has 0 aromatic heterocycles. The Morgan fingerprint density at radius 3 is 2.11 bits per heavy atom. The van der Waals surface area contributed by atoms with Crippen LogP contribution in [-0.4, -0.2) is 25.8 Å². The average Bonchev–Trinajstić information content (AvgIpc) is 2.35. The minimum absolute atomic E-state index is 0.299. The van der Waals surface area contributed by atoms with Crippen LogP contribution in [0, 0.1) is 0 Å². The minimum atomic E-state index is -0.299. The Morgan fingerprint density at radius 2 is 1.50 bits per heavy atom. The molecule has 0 aliphatic rings. The minimum Gasteiger partial charge on any atom is -0.462 e. The fourth-order valence-corrected chi connectivity index (χ4v) is 1.50. The molecule has 0 bridgehead atoms. The van der Waals surface area contributed by atoms with Gasteiger partial charge in [-0.1, -0.05) is 39.2 Å². The van der Waals surface area contributed by atoms with E-state index in [-0.39, 0.29) is 5.97 Å². The van der Waals surface area contributed by atoms with Crippen LogP contribution in [0.2, 0.25) is 0 Å². The summed E-state index contributed by atoms with van der Waals surface area (Å²) in [5.74, 6) is -0.299. The number of carbonyl (C=O) groups excluding carboxylic acids is 1. The van der Waals surface area contributed by atoms with Gasteiger partial charge in [-0.25, -0.2) is 4.79 Å². The molecule has 0 unspecified atom stereocenters. The third-order valence-electron chi connectivity index (χ3n) is 2.66. The zero-order valence-electron chi connectivity index (χ0n) is 12.0. The van der Waals surface area contributed by atoms with Crippen LogP contribution in [-0.2, 0) is 14.3 Å². The zero-order chi connectivity index (χ0) is 13.6. The summed E-state index contributed by atoms with van der Waals surface area (Å²) in [6.07, 6.45) is 8.15. The summed E-state index contributed by atoms with van der Waals surface area (Å²) in [5.41, 5.74) is 0.457. The van der Waals surface area contributed by atoms with Gasteiger partial charge in [0.15, 0.2) is 0 Å². The first-order chi connectivity index (χ1) is 8.68. The van der Waals surface area contributed by atoms with Crippen molar-refractivity contribution < 1.29 is 14.3 Å². The Bertz CT molecular complexity index is 224. The van der Waals surface area contributed by atoms with Gasteiger partial charge in [0.25, 0.3) is 0 Å². The Labute approximate surface area is 112 Å². The molecule has 0 N–H and O–H groups in total. The highest BCUT2D eigenvalue weighted by Crippen LogP contribution is 2.03. The third kappa shape index (κ3) is 11.6. The van der Waals surface area contributed by atoms with Gasteiger partial charge in [-0.05, 0) is 26.2 Å². The lowest BCUT2D eigenvalue weighted by Crippen LogP contribution is -2.07. The Kier molecular flexibility index (Phi) is 12.0. The molecule has 0 aliphatic heterocycles. The van der Waals surface area contributed by atoms with E-state index in [9.17, 15) is 4.79 Å². The molecule has 0 saturated heterocycles. The summed E-state index contributed by atoms with van der Waals surface area (Å²) >= 11 is 0. The summed E-state index contributed by atoms with van der Waals surface area (Å²) in [5, 5.41) is 0. The summed E-state index contributed by atoms with van der Waals surface area (Å²) in [4.78, 5) is 11.1. The lowest BCUT2D eigenvalue weighted by molar-refractivity contribution is -0.139. The molecule has 0 atom stereocenters. The molecule has 3 nitrogen and oxygen atoms in total. The quantitative estimate of drug-likeness (QED) is 0.302. The van der Waals surface area contributed by atoms with Crippen molar-refractivity contribution >= 4 is 5.97 Å². The maximum Gasteiger partial charge on any atom is 0.333 e. The normalized spacial score (nSPS) is 10.3. The number of rotatable bonds is 12. The van der Waals surface area contributed by atoms with Gasteiger partial charge < -0.3 is 9.47 Å². The van der Waals surface area contributed by atoms with Gasteiger partial charge in [-0.15, -0.1) is 0 Å². The summed E-state index contributed by atoms with van der Waals surface area (Å²) < 4.78 is 10.5. The fourth-order valence-electron chi connectivity index (χ4n) is 1.50. The molecule has 3 heteroatoms.